The molecule has 7 nitrogen and oxygen atoms in total. The Morgan fingerprint density at radius 3 is 2.44 bits per heavy atom. The Hall–Kier alpha value is -1.71. The molecule has 3 rings (SSSR count). The summed E-state index contributed by atoms with van der Waals surface area (Å²) in [6.07, 6.45) is -0.503. The molecule has 0 aliphatic carbocycles. The third kappa shape index (κ3) is 6.42. The van der Waals surface area contributed by atoms with Crippen molar-refractivity contribution in [3.8, 4) is 10.4 Å². The van der Waals surface area contributed by atoms with Crippen LogP contribution in [0.1, 0.15) is 38.4 Å². The predicted molar refractivity (Wildman–Crippen MR) is 132 cm³/mol. The number of hydrogen-bond donors (Lipinski definition) is 3. The lowest BCUT2D eigenvalue weighted by molar-refractivity contribution is -0.141. The lowest BCUT2D eigenvalue weighted by Gasteiger charge is -2.32. The van der Waals surface area contributed by atoms with Crippen LogP contribution >= 0.6 is 36.2 Å². The summed E-state index contributed by atoms with van der Waals surface area (Å²) in [6, 6.07) is 6.52. The van der Waals surface area contributed by atoms with Crippen LogP contribution < -0.4 is 11.1 Å². The Morgan fingerprint density at radius 2 is 1.91 bits per heavy atom. The highest BCUT2D eigenvalue weighted by Gasteiger charge is 2.42. The SMILES string of the molecule is Cc1ncsc1-c1ccc(CNC(=O)[C@@H]2C[C@@H](O)CN2C(=O)[C@@H](N)C(C)(C)C)cc1.Cl.Cl. The molecule has 0 spiro atoms. The smallest absolute Gasteiger partial charge is 0.243 e. The number of carbonyl (C=O) groups is 2. The van der Waals surface area contributed by atoms with Gasteiger partial charge >= 0.3 is 0 Å². The van der Waals surface area contributed by atoms with Gasteiger partial charge in [0, 0.05) is 19.5 Å². The Labute approximate surface area is 205 Å². The fourth-order valence-corrected chi connectivity index (χ4v) is 4.33. The minimum Gasteiger partial charge on any atom is -0.391 e. The van der Waals surface area contributed by atoms with Gasteiger partial charge in [-0.1, -0.05) is 45.0 Å². The molecule has 2 heterocycles. The topological polar surface area (TPSA) is 109 Å². The molecular formula is C22H32Cl2N4O3S. The lowest BCUT2D eigenvalue weighted by atomic mass is 9.86. The van der Waals surface area contributed by atoms with Gasteiger partial charge in [-0.3, -0.25) is 9.59 Å². The van der Waals surface area contributed by atoms with Crippen molar-refractivity contribution in [2.75, 3.05) is 6.54 Å². The summed E-state index contributed by atoms with van der Waals surface area (Å²) in [5, 5.41) is 13.0. The number of halogens is 2. The quantitative estimate of drug-likeness (QED) is 0.582. The number of amides is 2. The van der Waals surface area contributed by atoms with Gasteiger partial charge in [0.2, 0.25) is 11.8 Å². The number of hydrogen-bond acceptors (Lipinski definition) is 6. The zero-order valence-corrected chi connectivity index (χ0v) is 21.1. The molecule has 2 aromatic rings. The van der Waals surface area contributed by atoms with Crippen molar-refractivity contribution in [1.82, 2.24) is 15.2 Å². The van der Waals surface area contributed by atoms with Crippen LogP contribution in [0.15, 0.2) is 29.8 Å². The number of likely N-dealkylation sites (tertiary alicyclic amines) is 1. The minimum absolute atomic E-state index is 0. The van der Waals surface area contributed by atoms with Crippen molar-refractivity contribution in [3.05, 3.63) is 41.0 Å². The number of β-amino-alcohol motifs (C(OH)–C–C–N with tert-alkyl or cyclic N) is 1. The standard InChI is InChI=1S/C22H30N4O3S.2ClH/c1-13-18(30-12-25-13)15-7-5-14(6-8-15)10-24-20(28)17-9-16(27)11-26(17)21(29)19(23)22(2,3)4;;/h5-8,12,16-17,19,27H,9-11,23H2,1-4H3,(H,24,28);2*1H/t16-,17+,19-;;/m1../s1. The third-order valence-corrected chi connectivity index (χ3v) is 6.47. The van der Waals surface area contributed by atoms with E-state index in [1.807, 2.05) is 57.5 Å². The molecule has 0 saturated carbocycles. The zero-order valence-electron chi connectivity index (χ0n) is 18.7. The van der Waals surface area contributed by atoms with E-state index in [9.17, 15) is 14.7 Å². The molecule has 1 aliphatic heterocycles. The molecule has 1 aromatic carbocycles. The Bertz CT molecular complexity index is 915. The summed E-state index contributed by atoms with van der Waals surface area (Å²) in [5.74, 6) is -0.577. The van der Waals surface area contributed by atoms with E-state index in [4.69, 9.17) is 5.73 Å². The average molecular weight is 503 g/mol. The molecule has 2 amide bonds. The number of nitrogens with two attached hydrogens (primary N) is 1. The highest BCUT2D eigenvalue weighted by molar-refractivity contribution is 7.13. The van der Waals surface area contributed by atoms with E-state index in [1.165, 1.54) is 4.90 Å². The number of nitrogens with zero attached hydrogens (tertiary/aromatic N) is 2. The number of nitrogens with one attached hydrogen (secondary N) is 1. The van der Waals surface area contributed by atoms with Gasteiger partial charge in [0.1, 0.15) is 6.04 Å². The summed E-state index contributed by atoms with van der Waals surface area (Å²) in [4.78, 5) is 32.4. The largest absolute Gasteiger partial charge is 0.391 e. The van der Waals surface area contributed by atoms with E-state index in [2.05, 4.69) is 10.3 Å². The van der Waals surface area contributed by atoms with Crippen molar-refractivity contribution in [3.63, 3.8) is 0 Å². The molecule has 0 bridgehead atoms. The third-order valence-electron chi connectivity index (χ3n) is 5.49. The van der Waals surface area contributed by atoms with Crippen LogP contribution in [0.4, 0.5) is 0 Å². The van der Waals surface area contributed by atoms with Gasteiger partial charge in [0.25, 0.3) is 0 Å². The number of thiazole rings is 1. The van der Waals surface area contributed by atoms with Gasteiger partial charge in [-0.05, 0) is 23.5 Å². The van der Waals surface area contributed by atoms with Crippen LogP contribution in [0.25, 0.3) is 10.4 Å². The molecule has 1 aliphatic rings. The molecule has 32 heavy (non-hydrogen) atoms. The van der Waals surface area contributed by atoms with Gasteiger partial charge in [-0.2, -0.15) is 0 Å². The van der Waals surface area contributed by atoms with E-state index in [0.29, 0.717) is 6.54 Å². The fourth-order valence-electron chi connectivity index (χ4n) is 3.51. The Kier molecular flexibility index (Phi) is 10.1. The highest BCUT2D eigenvalue weighted by atomic mass is 35.5. The average Bonchev–Trinajstić information content (AvgIpc) is 3.30. The number of benzene rings is 1. The molecule has 4 N–H and O–H groups in total. The van der Waals surface area contributed by atoms with Crippen molar-refractivity contribution in [2.45, 2.75) is 58.8 Å². The zero-order chi connectivity index (χ0) is 22.1. The first-order valence-corrected chi connectivity index (χ1v) is 11.0. The van der Waals surface area contributed by atoms with Crippen molar-refractivity contribution < 1.29 is 14.7 Å². The number of aliphatic hydroxyl groups excluding tert-OH is 1. The van der Waals surface area contributed by atoms with Gasteiger partial charge < -0.3 is 21.1 Å². The maximum Gasteiger partial charge on any atom is 0.243 e. The number of aryl methyl sites for hydroxylation is 1. The lowest BCUT2D eigenvalue weighted by Crippen LogP contribution is -2.54. The normalized spacial score (nSPS) is 19.0. The van der Waals surface area contributed by atoms with E-state index >= 15 is 0 Å². The highest BCUT2D eigenvalue weighted by Crippen LogP contribution is 2.27. The first-order chi connectivity index (χ1) is 14.1. The first-order valence-electron chi connectivity index (χ1n) is 10.1. The van der Waals surface area contributed by atoms with Gasteiger partial charge in [-0.25, -0.2) is 4.98 Å². The van der Waals surface area contributed by atoms with E-state index in [1.54, 1.807) is 11.3 Å². The maximum absolute atomic E-state index is 12.8. The van der Waals surface area contributed by atoms with Crippen LogP contribution in [0, 0.1) is 12.3 Å². The van der Waals surface area contributed by atoms with E-state index in [-0.39, 0.29) is 49.6 Å². The fraction of sp³-hybridized carbons (Fsp3) is 0.500. The number of rotatable bonds is 5. The van der Waals surface area contributed by atoms with Crippen LogP contribution in [-0.2, 0) is 16.1 Å². The minimum atomic E-state index is -0.735. The van der Waals surface area contributed by atoms with Crippen molar-refractivity contribution in [2.24, 2.45) is 11.1 Å². The number of carbonyl (C=O) groups excluding carboxylic acids is 2. The summed E-state index contributed by atoms with van der Waals surface area (Å²) in [7, 11) is 0. The summed E-state index contributed by atoms with van der Waals surface area (Å²) < 4.78 is 0. The van der Waals surface area contributed by atoms with Gasteiger partial charge in [0.15, 0.2) is 0 Å². The van der Waals surface area contributed by atoms with Crippen LogP contribution in [0.3, 0.4) is 0 Å². The van der Waals surface area contributed by atoms with Crippen LogP contribution in [0.2, 0.25) is 0 Å². The van der Waals surface area contributed by atoms with Crippen LogP contribution in [0.5, 0.6) is 0 Å². The molecule has 1 saturated heterocycles. The number of aromatic nitrogens is 1. The molecule has 3 atom stereocenters. The maximum atomic E-state index is 12.8. The first kappa shape index (κ1) is 28.3. The molecule has 0 unspecified atom stereocenters. The molecule has 178 valence electrons. The van der Waals surface area contributed by atoms with E-state index in [0.717, 1.165) is 21.7 Å². The van der Waals surface area contributed by atoms with E-state index < -0.39 is 23.6 Å². The second-order valence-electron chi connectivity index (χ2n) is 8.92. The predicted octanol–water partition coefficient (Wildman–Crippen LogP) is 2.91. The summed E-state index contributed by atoms with van der Waals surface area (Å²) in [6.45, 7) is 8.11. The second kappa shape index (κ2) is 11.4. The number of aliphatic hydroxyl groups is 1. The second-order valence-corrected chi connectivity index (χ2v) is 9.78. The summed E-state index contributed by atoms with van der Waals surface area (Å²) >= 11 is 1.60. The van der Waals surface area contributed by atoms with Gasteiger partial charge in [-0.15, -0.1) is 36.2 Å². The molecule has 1 fully saturated rings. The molecule has 10 heteroatoms. The Morgan fingerprint density at radius 1 is 1.28 bits per heavy atom. The molecular weight excluding hydrogens is 471 g/mol. The molecule has 0 radical (unpaired) electrons. The van der Waals surface area contributed by atoms with Crippen molar-refractivity contribution >= 4 is 48.0 Å². The Balaban J connectivity index is 0.00000256. The monoisotopic (exact) mass is 502 g/mol. The summed E-state index contributed by atoms with van der Waals surface area (Å²) in [5.41, 5.74) is 10.6. The van der Waals surface area contributed by atoms with Gasteiger partial charge in [0.05, 0.1) is 28.2 Å². The van der Waals surface area contributed by atoms with Crippen molar-refractivity contribution in [1.29, 1.82) is 0 Å². The van der Waals surface area contributed by atoms with Crippen LogP contribution in [-0.4, -0.2) is 51.5 Å². The molecule has 1 aromatic heterocycles.